The van der Waals surface area contributed by atoms with E-state index >= 15 is 0 Å². The van der Waals surface area contributed by atoms with Gasteiger partial charge in [0.05, 0.1) is 0 Å². The Labute approximate surface area is 74.5 Å². The number of nitrogens with two attached hydrogens (primary N) is 1. The van der Waals surface area contributed by atoms with Gasteiger partial charge in [-0.05, 0) is 23.6 Å². The Kier molecular flexibility index (Phi) is 3.79. The minimum absolute atomic E-state index is 0.253. The fourth-order valence-electron chi connectivity index (χ4n) is 0.519. The molecule has 0 heterocycles. The molecule has 66 valence electrons. The Bertz CT molecular complexity index is 141. The first kappa shape index (κ1) is 10.7. The summed E-state index contributed by atoms with van der Waals surface area (Å²) in [6, 6.07) is 0. The maximum atomic E-state index is 5.32. The van der Waals surface area contributed by atoms with Gasteiger partial charge in [0.15, 0.2) is 5.11 Å². The highest BCUT2D eigenvalue weighted by Gasteiger charge is 2.21. The lowest BCUT2D eigenvalue weighted by atomic mass is 9.81. The molecule has 0 saturated heterocycles. The van der Waals surface area contributed by atoms with Gasteiger partial charge in [-0.3, -0.25) is 0 Å². The van der Waals surface area contributed by atoms with E-state index in [4.69, 9.17) is 18.0 Å². The van der Waals surface area contributed by atoms with E-state index in [2.05, 4.69) is 33.0 Å². The highest BCUT2D eigenvalue weighted by molar-refractivity contribution is 7.80. The van der Waals surface area contributed by atoms with Crippen molar-refractivity contribution in [2.75, 3.05) is 6.54 Å². The third-order valence-corrected chi connectivity index (χ3v) is 2.43. The third-order valence-electron chi connectivity index (χ3n) is 2.28. The van der Waals surface area contributed by atoms with Gasteiger partial charge in [0.25, 0.3) is 0 Å². The van der Waals surface area contributed by atoms with Crippen molar-refractivity contribution < 1.29 is 0 Å². The second-order valence-corrected chi connectivity index (χ2v) is 4.30. The largest absolute Gasteiger partial charge is 0.376 e. The molecule has 0 unspecified atom stereocenters. The van der Waals surface area contributed by atoms with E-state index < -0.39 is 0 Å². The number of nitrogens with one attached hydrogen (secondary N) is 1. The van der Waals surface area contributed by atoms with Crippen molar-refractivity contribution in [2.45, 2.75) is 27.7 Å². The van der Waals surface area contributed by atoms with Gasteiger partial charge in [-0.25, -0.2) is 0 Å². The SMILES string of the molecule is CC(C)C(C)(C)CNC(N)=S. The van der Waals surface area contributed by atoms with Crippen LogP contribution in [0.4, 0.5) is 0 Å². The molecular weight excluding hydrogens is 156 g/mol. The molecule has 0 aromatic carbocycles. The van der Waals surface area contributed by atoms with Gasteiger partial charge in [0, 0.05) is 6.54 Å². The molecule has 0 atom stereocenters. The highest BCUT2D eigenvalue weighted by Crippen LogP contribution is 2.24. The third kappa shape index (κ3) is 4.19. The van der Waals surface area contributed by atoms with Gasteiger partial charge in [-0.15, -0.1) is 0 Å². The molecule has 0 saturated carbocycles. The molecule has 11 heavy (non-hydrogen) atoms. The monoisotopic (exact) mass is 174 g/mol. The fraction of sp³-hybridized carbons (Fsp3) is 0.875. The molecule has 0 fully saturated rings. The first-order chi connectivity index (χ1) is 4.86. The van der Waals surface area contributed by atoms with E-state index in [1.165, 1.54) is 0 Å². The van der Waals surface area contributed by atoms with Crippen LogP contribution < -0.4 is 11.1 Å². The van der Waals surface area contributed by atoms with Crippen molar-refractivity contribution in [1.29, 1.82) is 0 Å². The molecule has 0 aromatic heterocycles. The van der Waals surface area contributed by atoms with Crippen molar-refractivity contribution in [1.82, 2.24) is 5.32 Å². The summed E-state index contributed by atoms with van der Waals surface area (Å²) in [6.45, 7) is 9.63. The molecule has 0 amide bonds. The standard InChI is InChI=1S/C8H18N2S/c1-6(2)8(3,4)5-10-7(9)11/h6H,5H2,1-4H3,(H3,9,10,11). The first-order valence-corrected chi connectivity index (χ1v) is 4.30. The summed E-state index contributed by atoms with van der Waals surface area (Å²) in [5.74, 6) is 0.629. The molecule has 0 aliphatic heterocycles. The Morgan fingerprint density at radius 3 is 2.27 bits per heavy atom. The summed E-state index contributed by atoms with van der Waals surface area (Å²) in [7, 11) is 0. The van der Waals surface area contributed by atoms with Crippen molar-refractivity contribution >= 4 is 17.3 Å². The van der Waals surface area contributed by atoms with Crippen molar-refractivity contribution in [3.8, 4) is 0 Å². The molecule has 0 aliphatic rings. The van der Waals surface area contributed by atoms with Crippen LogP contribution in [0, 0.1) is 11.3 Å². The molecule has 0 spiro atoms. The van der Waals surface area contributed by atoms with Gasteiger partial charge in [-0.2, -0.15) is 0 Å². The lowest BCUT2D eigenvalue weighted by Crippen LogP contribution is -2.39. The van der Waals surface area contributed by atoms with Crippen molar-refractivity contribution in [2.24, 2.45) is 17.1 Å². The topological polar surface area (TPSA) is 38.0 Å². The normalized spacial score (nSPS) is 11.7. The van der Waals surface area contributed by atoms with Crippen molar-refractivity contribution in [3.05, 3.63) is 0 Å². The van der Waals surface area contributed by atoms with E-state index in [0.29, 0.717) is 11.0 Å². The van der Waals surface area contributed by atoms with Gasteiger partial charge < -0.3 is 11.1 Å². The quantitative estimate of drug-likeness (QED) is 0.637. The average molecular weight is 174 g/mol. The first-order valence-electron chi connectivity index (χ1n) is 3.89. The maximum absolute atomic E-state index is 5.32. The predicted octanol–water partition coefficient (Wildman–Crippen LogP) is 1.50. The Morgan fingerprint density at radius 1 is 1.55 bits per heavy atom. The number of thiocarbonyl (C=S) groups is 1. The summed E-state index contributed by atoms with van der Waals surface area (Å²) < 4.78 is 0. The lowest BCUT2D eigenvalue weighted by Gasteiger charge is -2.29. The minimum Gasteiger partial charge on any atom is -0.376 e. The molecule has 0 aliphatic carbocycles. The second kappa shape index (κ2) is 3.90. The number of hydrogen-bond donors (Lipinski definition) is 2. The number of rotatable bonds is 3. The molecule has 3 heteroatoms. The van der Waals surface area contributed by atoms with Crippen LogP contribution in [0.2, 0.25) is 0 Å². The van der Waals surface area contributed by atoms with E-state index in [-0.39, 0.29) is 5.41 Å². The van der Waals surface area contributed by atoms with Crippen molar-refractivity contribution in [3.63, 3.8) is 0 Å². The molecule has 0 rings (SSSR count). The maximum Gasteiger partial charge on any atom is 0.163 e. The van der Waals surface area contributed by atoms with E-state index in [1.54, 1.807) is 0 Å². The molecule has 0 aromatic rings. The van der Waals surface area contributed by atoms with Crippen LogP contribution in [0.3, 0.4) is 0 Å². The summed E-state index contributed by atoms with van der Waals surface area (Å²) in [6.07, 6.45) is 0. The van der Waals surface area contributed by atoms with E-state index in [9.17, 15) is 0 Å². The number of hydrogen-bond acceptors (Lipinski definition) is 1. The zero-order chi connectivity index (χ0) is 9.07. The lowest BCUT2D eigenvalue weighted by molar-refractivity contribution is 0.251. The summed E-state index contributed by atoms with van der Waals surface area (Å²) >= 11 is 4.72. The van der Waals surface area contributed by atoms with Crippen LogP contribution in [-0.2, 0) is 0 Å². The Morgan fingerprint density at radius 2 is 2.00 bits per heavy atom. The molecule has 2 nitrogen and oxygen atoms in total. The van der Waals surface area contributed by atoms with Crippen LogP contribution in [0.1, 0.15) is 27.7 Å². The van der Waals surface area contributed by atoms with Gasteiger partial charge in [-0.1, -0.05) is 27.7 Å². The Balaban J connectivity index is 3.82. The van der Waals surface area contributed by atoms with Crippen LogP contribution >= 0.6 is 12.2 Å². The zero-order valence-electron chi connectivity index (χ0n) is 7.77. The summed E-state index contributed by atoms with van der Waals surface area (Å²) in [5, 5.41) is 3.36. The van der Waals surface area contributed by atoms with Crippen LogP contribution in [0.15, 0.2) is 0 Å². The van der Waals surface area contributed by atoms with E-state index in [0.717, 1.165) is 6.54 Å². The van der Waals surface area contributed by atoms with Crippen LogP contribution in [0.5, 0.6) is 0 Å². The predicted molar refractivity (Wildman–Crippen MR) is 53.4 cm³/mol. The van der Waals surface area contributed by atoms with Crippen LogP contribution in [-0.4, -0.2) is 11.7 Å². The minimum atomic E-state index is 0.253. The summed E-state index contributed by atoms with van der Waals surface area (Å²) in [5.41, 5.74) is 5.57. The fourth-order valence-corrected chi connectivity index (χ4v) is 0.591. The van der Waals surface area contributed by atoms with Crippen LogP contribution in [0.25, 0.3) is 0 Å². The summed E-state index contributed by atoms with van der Waals surface area (Å²) in [4.78, 5) is 0. The Hall–Kier alpha value is -0.310. The second-order valence-electron chi connectivity index (χ2n) is 3.86. The van der Waals surface area contributed by atoms with Gasteiger partial charge in [0.2, 0.25) is 0 Å². The average Bonchev–Trinajstić information content (AvgIpc) is 1.84. The molecular formula is C8H18N2S. The molecule has 3 N–H and O–H groups in total. The smallest absolute Gasteiger partial charge is 0.163 e. The molecule has 0 bridgehead atoms. The highest BCUT2D eigenvalue weighted by atomic mass is 32.1. The zero-order valence-corrected chi connectivity index (χ0v) is 8.59. The molecule has 0 radical (unpaired) electrons. The van der Waals surface area contributed by atoms with Gasteiger partial charge >= 0.3 is 0 Å². The van der Waals surface area contributed by atoms with Gasteiger partial charge in [0.1, 0.15) is 0 Å². The van der Waals surface area contributed by atoms with E-state index in [1.807, 2.05) is 0 Å².